The molecule has 1 unspecified atom stereocenters. The Morgan fingerprint density at radius 3 is 2.40 bits per heavy atom. The van der Waals surface area contributed by atoms with E-state index in [4.69, 9.17) is 0 Å². The minimum Gasteiger partial charge on any atom is -0.356 e. The molecule has 0 saturated heterocycles. The highest BCUT2D eigenvalue weighted by molar-refractivity contribution is 6.08. The van der Waals surface area contributed by atoms with Gasteiger partial charge in [0.15, 0.2) is 0 Å². The Morgan fingerprint density at radius 2 is 1.56 bits per heavy atom. The fourth-order valence-corrected chi connectivity index (χ4v) is 3.68. The first-order valence-electron chi connectivity index (χ1n) is 8.37. The van der Waals surface area contributed by atoms with E-state index in [0.29, 0.717) is 0 Å². The van der Waals surface area contributed by atoms with Crippen LogP contribution in [0.4, 0.5) is 11.4 Å². The molecule has 3 aromatic carbocycles. The highest BCUT2D eigenvalue weighted by Gasteiger charge is 2.34. The first kappa shape index (κ1) is 14.1. The van der Waals surface area contributed by atoms with Gasteiger partial charge in [-0.1, -0.05) is 42.5 Å². The Morgan fingerprint density at radius 1 is 0.800 bits per heavy atom. The minimum atomic E-state index is -0.0526. The number of anilines is 2. The maximum absolute atomic E-state index is 12.4. The van der Waals surface area contributed by atoms with Crippen LogP contribution in [0.3, 0.4) is 0 Å². The molecule has 0 radical (unpaired) electrons. The van der Waals surface area contributed by atoms with Gasteiger partial charge in [-0.3, -0.25) is 4.79 Å². The summed E-state index contributed by atoms with van der Waals surface area (Å²) in [6.07, 6.45) is 2.19. The molecule has 0 bridgehead atoms. The van der Waals surface area contributed by atoms with Gasteiger partial charge in [-0.15, -0.1) is 0 Å². The average molecular weight is 324 g/mol. The lowest BCUT2D eigenvalue weighted by Gasteiger charge is -2.26. The molecule has 25 heavy (non-hydrogen) atoms. The maximum atomic E-state index is 12.4. The zero-order valence-corrected chi connectivity index (χ0v) is 13.5. The predicted molar refractivity (Wildman–Crippen MR) is 101 cm³/mol. The average Bonchev–Trinajstić information content (AvgIpc) is 3.01. The highest BCUT2D eigenvalue weighted by atomic mass is 16.1. The summed E-state index contributed by atoms with van der Waals surface area (Å²) in [5.74, 6) is -0.00270. The molecule has 1 aliphatic carbocycles. The van der Waals surface area contributed by atoms with E-state index >= 15 is 0 Å². The van der Waals surface area contributed by atoms with Gasteiger partial charge in [-0.25, -0.2) is 0 Å². The SMILES string of the molecule is O=C1NC2C(=Cc3cc(Nc4ccccc4)ccc32)c2ccccc21. The van der Waals surface area contributed by atoms with E-state index in [1.807, 2.05) is 54.6 Å². The third-order valence-electron chi connectivity index (χ3n) is 4.84. The summed E-state index contributed by atoms with van der Waals surface area (Å²) in [4.78, 5) is 12.4. The van der Waals surface area contributed by atoms with Crippen LogP contribution in [0.15, 0.2) is 72.8 Å². The van der Waals surface area contributed by atoms with E-state index in [1.165, 1.54) is 5.57 Å². The van der Waals surface area contributed by atoms with Crippen LogP contribution in [0.5, 0.6) is 0 Å². The molecule has 3 heteroatoms. The number of fused-ring (bicyclic) bond motifs is 5. The first-order valence-corrected chi connectivity index (χ1v) is 8.37. The molecule has 2 N–H and O–H groups in total. The van der Waals surface area contributed by atoms with Gasteiger partial charge in [-0.2, -0.15) is 0 Å². The second-order valence-electron chi connectivity index (χ2n) is 6.39. The molecule has 0 spiro atoms. The van der Waals surface area contributed by atoms with Crippen LogP contribution in [0, 0.1) is 0 Å². The molecule has 1 atom stereocenters. The van der Waals surface area contributed by atoms with Crippen LogP contribution in [0.2, 0.25) is 0 Å². The van der Waals surface area contributed by atoms with Crippen LogP contribution in [-0.4, -0.2) is 5.91 Å². The lowest BCUT2D eigenvalue weighted by atomic mass is 9.90. The van der Waals surface area contributed by atoms with Crippen molar-refractivity contribution >= 4 is 28.9 Å². The summed E-state index contributed by atoms with van der Waals surface area (Å²) in [7, 11) is 0. The molecule has 1 aliphatic heterocycles. The van der Waals surface area contributed by atoms with Gasteiger partial charge < -0.3 is 10.6 Å². The van der Waals surface area contributed by atoms with Gasteiger partial charge in [-0.05, 0) is 58.7 Å². The van der Waals surface area contributed by atoms with Crippen molar-refractivity contribution in [2.24, 2.45) is 0 Å². The Labute approximate surface area is 146 Å². The van der Waals surface area contributed by atoms with Crippen LogP contribution in [0.25, 0.3) is 11.6 Å². The van der Waals surface area contributed by atoms with Crippen molar-refractivity contribution in [1.82, 2.24) is 5.32 Å². The zero-order valence-electron chi connectivity index (χ0n) is 13.5. The molecule has 0 fully saturated rings. The number of amides is 1. The largest absolute Gasteiger partial charge is 0.356 e. The predicted octanol–water partition coefficient (Wildman–Crippen LogP) is 4.77. The Bertz CT molecular complexity index is 1020. The Balaban J connectivity index is 1.55. The second kappa shape index (κ2) is 5.35. The molecule has 5 rings (SSSR count). The molecule has 1 heterocycles. The lowest BCUT2D eigenvalue weighted by molar-refractivity contribution is 0.0941. The van der Waals surface area contributed by atoms with Gasteiger partial charge >= 0.3 is 0 Å². The number of carbonyl (C=O) groups excluding carboxylic acids is 1. The summed E-state index contributed by atoms with van der Waals surface area (Å²) in [5, 5.41) is 6.56. The highest BCUT2D eigenvalue weighted by Crippen LogP contribution is 2.44. The van der Waals surface area contributed by atoms with E-state index in [1.54, 1.807) is 0 Å². The molecule has 2 aliphatic rings. The van der Waals surface area contributed by atoms with E-state index in [2.05, 4.69) is 34.9 Å². The third kappa shape index (κ3) is 2.24. The summed E-state index contributed by atoms with van der Waals surface area (Å²) >= 11 is 0. The maximum Gasteiger partial charge on any atom is 0.252 e. The molecule has 120 valence electrons. The summed E-state index contributed by atoms with van der Waals surface area (Å²) < 4.78 is 0. The van der Waals surface area contributed by atoms with E-state index < -0.39 is 0 Å². The molecule has 0 saturated carbocycles. The zero-order chi connectivity index (χ0) is 16.8. The normalized spacial score (nSPS) is 17.0. The van der Waals surface area contributed by atoms with Crippen molar-refractivity contribution in [3.05, 3.63) is 95.1 Å². The second-order valence-corrected chi connectivity index (χ2v) is 6.39. The number of hydrogen-bond donors (Lipinski definition) is 2. The number of nitrogens with one attached hydrogen (secondary N) is 2. The molecule has 0 aromatic heterocycles. The smallest absolute Gasteiger partial charge is 0.252 e. The fourth-order valence-electron chi connectivity index (χ4n) is 3.68. The van der Waals surface area contributed by atoms with E-state index in [9.17, 15) is 4.79 Å². The van der Waals surface area contributed by atoms with E-state index in [0.717, 1.165) is 33.6 Å². The topological polar surface area (TPSA) is 41.1 Å². The molecule has 3 nitrogen and oxygen atoms in total. The summed E-state index contributed by atoms with van der Waals surface area (Å²) in [6.45, 7) is 0. The van der Waals surface area contributed by atoms with Crippen LogP contribution in [-0.2, 0) is 0 Å². The monoisotopic (exact) mass is 324 g/mol. The van der Waals surface area contributed by atoms with Crippen molar-refractivity contribution in [3.63, 3.8) is 0 Å². The van der Waals surface area contributed by atoms with Crippen molar-refractivity contribution in [1.29, 1.82) is 0 Å². The van der Waals surface area contributed by atoms with Crippen molar-refractivity contribution < 1.29 is 4.79 Å². The minimum absolute atomic E-state index is 0.00270. The number of hydrogen-bond acceptors (Lipinski definition) is 2. The summed E-state index contributed by atoms with van der Waals surface area (Å²) in [6, 6.07) is 24.2. The van der Waals surface area contributed by atoms with Gasteiger partial charge in [0.1, 0.15) is 0 Å². The van der Waals surface area contributed by atoms with Crippen LogP contribution < -0.4 is 10.6 Å². The molecule has 3 aromatic rings. The Hall–Kier alpha value is -3.33. The summed E-state index contributed by atoms with van der Waals surface area (Å²) in [5.41, 5.74) is 7.35. The lowest BCUT2D eigenvalue weighted by Crippen LogP contribution is -2.33. The van der Waals surface area contributed by atoms with Crippen LogP contribution >= 0.6 is 0 Å². The van der Waals surface area contributed by atoms with Gasteiger partial charge in [0.25, 0.3) is 5.91 Å². The number of para-hydroxylation sites is 1. The van der Waals surface area contributed by atoms with E-state index in [-0.39, 0.29) is 11.9 Å². The van der Waals surface area contributed by atoms with Crippen molar-refractivity contribution in [2.75, 3.05) is 5.32 Å². The molecular weight excluding hydrogens is 308 g/mol. The molecule has 1 amide bonds. The van der Waals surface area contributed by atoms with Gasteiger partial charge in [0.2, 0.25) is 0 Å². The third-order valence-corrected chi connectivity index (χ3v) is 4.84. The van der Waals surface area contributed by atoms with Gasteiger partial charge in [0.05, 0.1) is 6.04 Å². The standard InChI is InChI=1S/C22H16N2O/c25-22-19-9-5-4-8-18(19)20-13-14-12-16(10-11-17(14)21(20)24-22)23-15-6-2-1-3-7-15/h1-13,21,23H,(H,24,25). The van der Waals surface area contributed by atoms with Crippen LogP contribution in [0.1, 0.15) is 33.1 Å². The molecular formula is C22H16N2O. The fraction of sp³-hybridized carbons (Fsp3) is 0.0455. The van der Waals surface area contributed by atoms with Gasteiger partial charge in [0, 0.05) is 16.9 Å². The number of carbonyl (C=O) groups is 1. The first-order chi connectivity index (χ1) is 12.3. The number of rotatable bonds is 2. The van der Waals surface area contributed by atoms with Crippen molar-refractivity contribution in [3.8, 4) is 0 Å². The Kier molecular flexibility index (Phi) is 3.01. The quantitative estimate of drug-likeness (QED) is 0.713. The number of benzene rings is 3. The van der Waals surface area contributed by atoms with Crippen molar-refractivity contribution in [2.45, 2.75) is 6.04 Å².